The summed E-state index contributed by atoms with van der Waals surface area (Å²) in [5.41, 5.74) is 2.98. The minimum Gasteiger partial charge on any atom is -0.272 e. The SMILES string of the molecule is CCCCCCCCCC/C(C)=N/Nc1ccc([N+](=O)[O-])cc1[N+](=O)[O-]. The quantitative estimate of drug-likeness (QED) is 0.205. The fourth-order valence-corrected chi connectivity index (χ4v) is 2.61. The fourth-order valence-electron chi connectivity index (χ4n) is 2.61. The maximum Gasteiger partial charge on any atom is 0.301 e. The van der Waals surface area contributed by atoms with E-state index < -0.39 is 9.85 Å². The predicted octanol–water partition coefficient (Wildman–Crippen LogP) is 5.82. The van der Waals surface area contributed by atoms with Crippen LogP contribution in [0, 0.1) is 20.2 Å². The fraction of sp³-hybridized carbons (Fsp3) is 0.611. The monoisotopic (exact) mass is 364 g/mol. The van der Waals surface area contributed by atoms with E-state index in [4.69, 9.17) is 0 Å². The molecule has 0 saturated carbocycles. The van der Waals surface area contributed by atoms with Crippen molar-refractivity contribution in [1.29, 1.82) is 0 Å². The van der Waals surface area contributed by atoms with Crippen LogP contribution < -0.4 is 5.43 Å². The number of non-ortho nitro benzene ring substituents is 1. The van der Waals surface area contributed by atoms with Crippen LogP contribution in [0.1, 0.15) is 71.6 Å². The van der Waals surface area contributed by atoms with Gasteiger partial charge in [0.25, 0.3) is 5.69 Å². The highest BCUT2D eigenvalue weighted by Crippen LogP contribution is 2.28. The lowest BCUT2D eigenvalue weighted by Gasteiger charge is -2.05. The van der Waals surface area contributed by atoms with Gasteiger partial charge in [0.1, 0.15) is 5.69 Å². The molecule has 0 spiro atoms. The molecule has 1 aromatic rings. The Balaban J connectivity index is 2.44. The Morgan fingerprint density at radius 2 is 1.62 bits per heavy atom. The summed E-state index contributed by atoms with van der Waals surface area (Å²) in [6, 6.07) is 3.47. The zero-order valence-corrected chi connectivity index (χ0v) is 15.6. The first-order chi connectivity index (χ1) is 12.5. The molecule has 0 amide bonds. The summed E-state index contributed by atoms with van der Waals surface area (Å²) >= 11 is 0. The Hall–Kier alpha value is -2.51. The molecule has 144 valence electrons. The van der Waals surface area contributed by atoms with E-state index in [0.717, 1.165) is 31.0 Å². The normalized spacial score (nSPS) is 11.4. The van der Waals surface area contributed by atoms with Crippen molar-refractivity contribution in [2.45, 2.75) is 71.6 Å². The number of rotatable bonds is 13. The van der Waals surface area contributed by atoms with Gasteiger partial charge in [-0.25, -0.2) is 0 Å². The van der Waals surface area contributed by atoms with Gasteiger partial charge >= 0.3 is 5.69 Å². The minimum atomic E-state index is -0.659. The largest absolute Gasteiger partial charge is 0.301 e. The Morgan fingerprint density at radius 3 is 2.19 bits per heavy atom. The molecular formula is C18H28N4O4. The lowest BCUT2D eigenvalue weighted by Crippen LogP contribution is -2.01. The van der Waals surface area contributed by atoms with Crippen molar-refractivity contribution in [2.24, 2.45) is 5.10 Å². The van der Waals surface area contributed by atoms with Crippen LogP contribution >= 0.6 is 0 Å². The van der Waals surface area contributed by atoms with Crippen LogP contribution in [0.25, 0.3) is 0 Å². The van der Waals surface area contributed by atoms with Crippen molar-refractivity contribution >= 4 is 22.8 Å². The highest BCUT2D eigenvalue weighted by molar-refractivity contribution is 5.83. The molecule has 0 aromatic heterocycles. The number of hydrazone groups is 1. The number of hydrogen-bond donors (Lipinski definition) is 1. The van der Waals surface area contributed by atoms with Crippen LogP contribution in [0.15, 0.2) is 23.3 Å². The molecule has 0 heterocycles. The van der Waals surface area contributed by atoms with E-state index in [-0.39, 0.29) is 17.1 Å². The summed E-state index contributed by atoms with van der Waals surface area (Å²) in [6.45, 7) is 4.08. The van der Waals surface area contributed by atoms with E-state index in [9.17, 15) is 20.2 Å². The van der Waals surface area contributed by atoms with Crippen molar-refractivity contribution < 1.29 is 9.85 Å². The third-order valence-corrected chi connectivity index (χ3v) is 4.15. The van der Waals surface area contributed by atoms with Gasteiger partial charge in [0.05, 0.1) is 15.9 Å². The molecule has 26 heavy (non-hydrogen) atoms. The highest BCUT2D eigenvalue weighted by atomic mass is 16.6. The Kier molecular flexibility index (Phi) is 9.89. The van der Waals surface area contributed by atoms with Gasteiger partial charge in [0, 0.05) is 11.8 Å². The Labute approximate surface area is 154 Å². The van der Waals surface area contributed by atoms with E-state index in [1.165, 1.54) is 50.7 Å². The van der Waals surface area contributed by atoms with Gasteiger partial charge in [0.15, 0.2) is 0 Å². The molecule has 0 saturated heterocycles. The first kappa shape index (κ1) is 21.5. The number of nitrogens with one attached hydrogen (secondary N) is 1. The second kappa shape index (κ2) is 11.9. The van der Waals surface area contributed by atoms with Crippen molar-refractivity contribution in [2.75, 3.05) is 5.43 Å². The van der Waals surface area contributed by atoms with Crippen molar-refractivity contribution in [3.05, 3.63) is 38.4 Å². The highest BCUT2D eigenvalue weighted by Gasteiger charge is 2.19. The number of nitro benzene ring substituents is 2. The van der Waals surface area contributed by atoms with E-state index in [1.54, 1.807) is 0 Å². The van der Waals surface area contributed by atoms with Crippen molar-refractivity contribution in [1.82, 2.24) is 0 Å². The van der Waals surface area contributed by atoms with Gasteiger partial charge < -0.3 is 0 Å². The van der Waals surface area contributed by atoms with Crippen molar-refractivity contribution in [3.63, 3.8) is 0 Å². The number of benzene rings is 1. The molecular weight excluding hydrogens is 336 g/mol. The maximum atomic E-state index is 11.1. The van der Waals surface area contributed by atoms with Gasteiger partial charge in [-0.2, -0.15) is 5.10 Å². The molecule has 8 nitrogen and oxygen atoms in total. The average Bonchev–Trinajstić information content (AvgIpc) is 2.61. The Bertz CT molecular complexity index is 632. The summed E-state index contributed by atoms with van der Waals surface area (Å²) in [4.78, 5) is 20.5. The summed E-state index contributed by atoms with van der Waals surface area (Å²) in [5, 5.41) is 26.0. The van der Waals surface area contributed by atoms with Crippen LogP contribution in [0.3, 0.4) is 0 Å². The average molecular weight is 364 g/mol. The van der Waals surface area contributed by atoms with Crippen LogP contribution in [0.4, 0.5) is 17.1 Å². The standard InChI is InChI=1S/C18H28N4O4/c1-3-4-5-6-7-8-9-10-11-15(2)19-20-17-13-12-16(21(23)24)14-18(17)22(25)26/h12-14,20H,3-11H2,1-2H3/b19-15+. The number of nitro groups is 2. The predicted molar refractivity (Wildman–Crippen MR) is 104 cm³/mol. The summed E-state index contributed by atoms with van der Waals surface area (Å²) in [7, 11) is 0. The second-order valence-electron chi connectivity index (χ2n) is 6.40. The first-order valence-corrected chi connectivity index (χ1v) is 9.17. The summed E-state index contributed by atoms with van der Waals surface area (Å²) < 4.78 is 0. The molecule has 0 aliphatic rings. The molecule has 0 bridgehead atoms. The van der Waals surface area contributed by atoms with Crippen molar-refractivity contribution in [3.8, 4) is 0 Å². The van der Waals surface area contributed by atoms with Gasteiger partial charge in [-0.15, -0.1) is 0 Å². The Morgan fingerprint density at radius 1 is 1.00 bits per heavy atom. The van der Waals surface area contributed by atoms with Crippen LogP contribution in [0.5, 0.6) is 0 Å². The second-order valence-corrected chi connectivity index (χ2v) is 6.40. The molecule has 0 radical (unpaired) electrons. The lowest BCUT2D eigenvalue weighted by atomic mass is 10.1. The zero-order chi connectivity index (χ0) is 19.4. The molecule has 0 atom stereocenters. The lowest BCUT2D eigenvalue weighted by molar-refractivity contribution is -0.393. The summed E-state index contributed by atoms with van der Waals surface area (Å²) in [6.07, 6.45) is 10.7. The topological polar surface area (TPSA) is 111 Å². The van der Waals surface area contributed by atoms with Crippen LogP contribution in [-0.2, 0) is 0 Å². The van der Waals surface area contributed by atoms with E-state index in [0.29, 0.717) is 0 Å². The minimum absolute atomic E-state index is 0.149. The molecule has 0 fully saturated rings. The van der Waals surface area contributed by atoms with E-state index in [2.05, 4.69) is 17.5 Å². The van der Waals surface area contributed by atoms with E-state index in [1.807, 2.05) is 6.92 Å². The zero-order valence-electron chi connectivity index (χ0n) is 15.6. The third kappa shape index (κ3) is 8.04. The molecule has 0 unspecified atom stereocenters. The summed E-state index contributed by atoms with van der Waals surface area (Å²) in [5.74, 6) is 0. The molecule has 0 aliphatic carbocycles. The number of nitrogens with zero attached hydrogens (tertiary/aromatic N) is 3. The molecule has 8 heteroatoms. The number of hydrogen-bond acceptors (Lipinski definition) is 6. The first-order valence-electron chi connectivity index (χ1n) is 9.17. The smallest absolute Gasteiger partial charge is 0.272 e. The van der Waals surface area contributed by atoms with Gasteiger partial charge in [-0.3, -0.25) is 25.7 Å². The molecule has 1 N–H and O–H groups in total. The van der Waals surface area contributed by atoms with Crippen LogP contribution in [0.2, 0.25) is 0 Å². The van der Waals surface area contributed by atoms with Gasteiger partial charge in [-0.05, 0) is 25.8 Å². The molecule has 1 rings (SSSR count). The van der Waals surface area contributed by atoms with Gasteiger partial charge in [-0.1, -0.05) is 51.9 Å². The van der Waals surface area contributed by atoms with Gasteiger partial charge in [0.2, 0.25) is 0 Å². The third-order valence-electron chi connectivity index (χ3n) is 4.15. The number of unbranched alkanes of at least 4 members (excludes halogenated alkanes) is 7. The number of anilines is 1. The maximum absolute atomic E-state index is 11.1. The van der Waals surface area contributed by atoms with E-state index >= 15 is 0 Å². The molecule has 1 aromatic carbocycles. The van der Waals surface area contributed by atoms with Crippen LogP contribution in [-0.4, -0.2) is 15.6 Å². The molecule has 0 aliphatic heterocycles.